The highest BCUT2D eigenvalue weighted by Gasteiger charge is 2.38. The molecule has 0 aliphatic carbocycles. The van der Waals surface area contributed by atoms with E-state index in [2.05, 4.69) is 26.4 Å². The summed E-state index contributed by atoms with van der Waals surface area (Å²) in [6, 6.07) is 7.03. The highest BCUT2D eigenvalue weighted by atomic mass is 16.5. The fourth-order valence-electron chi connectivity index (χ4n) is 2.53. The maximum absolute atomic E-state index is 12.2. The average molecular weight is 351 g/mol. The first-order chi connectivity index (χ1) is 12.6. The van der Waals surface area contributed by atoms with E-state index in [1.54, 1.807) is 30.5 Å². The van der Waals surface area contributed by atoms with Crippen molar-refractivity contribution >= 4 is 5.91 Å². The van der Waals surface area contributed by atoms with Crippen molar-refractivity contribution in [3.8, 4) is 18.1 Å². The fourth-order valence-corrected chi connectivity index (χ4v) is 2.53. The summed E-state index contributed by atoms with van der Waals surface area (Å²) in [5.41, 5.74) is 0.208. The second-order valence-corrected chi connectivity index (χ2v) is 6.16. The van der Waals surface area contributed by atoms with Gasteiger partial charge in [-0.3, -0.25) is 4.79 Å². The molecule has 134 valence electrons. The Balaban J connectivity index is 1.43. The Labute approximate surface area is 152 Å². The molecule has 0 saturated heterocycles. The van der Waals surface area contributed by atoms with Gasteiger partial charge < -0.3 is 14.6 Å². The molecule has 3 rings (SSSR count). The molecule has 2 aromatic rings. The van der Waals surface area contributed by atoms with E-state index in [9.17, 15) is 4.79 Å². The molecule has 1 aliphatic heterocycles. The largest absolute Gasteiger partial charge is 0.486 e. The molecule has 1 amide bonds. The van der Waals surface area contributed by atoms with Crippen molar-refractivity contribution in [3.63, 3.8) is 0 Å². The van der Waals surface area contributed by atoms with Gasteiger partial charge in [-0.05, 0) is 24.3 Å². The van der Waals surface area contributed by atoms with Gasteiger partial charge in [0.05, 0.1) is 0 Å². The van der Waals surface area contributed by atoms with Crippen LogP contribution in [0, 0.1) is 12.3 Å². The molecule has 1 N–H and O–H groups in total. The first-order valence-electron chi connectivity index (χ1n) is 8.47. The van der Waals surface area contributed by atoms with Crippen LogP contribution in [0.15, 0.2) is 46.9 Å². The average Bonchev–Trinajstić information content (AvgIpc) is 3.31. The minimum atomic E-state index is -0.373. The molecular weight excluding hydrogens is 330 g/mol. The number of hydrogen-bond donors (Lipinski definition) is 1. The number of rotatable bonds is 9. The van der Waals surface area contributed by atoms with E-state index >= 15 is 0 Å². The van der Waals surface area contributed by atoms with E-state index in [4.69, 9.17) is 11.2 Å². The SMILES string of the molecule is C#CCCC1(CCNC(=O)c2ccc(OCc3nccn3C)cc2)N=N1. The van der Waals surface area contributed by atoms with Gasteiger partial charge in [-0.2, -0.15) is 10.2 Å². The minimum absolute atomic E-state index is 0.131. The van der Waals surface area contributed by atoms with E-state index in [1.165, 1.54) is 0 Å². The summed E-state index contributed by atoms with van der Waals surface area (Å²) >= 11 is 0. The quantitative estimate of drug-likeness (QED) is 0.705. The van der Waals surface area contributed by atoms with Gasteiger partial charge in [-0.1, -0.05) is 0 Å². The Kier molecular flexibility index (Phi) is 5.32. The van der Waals surface area contributed by atoms with Crippen molar-refractivity contribution in [1.82, 2.24) is 14.9 Å². The van der Waals surface area contributed by atoms with Crippen LogP contribution in [-0.4, -0.2) is 27.7 Å². The van der Waals surface area contributed by atoms with Gasteiger partial charge in [0, 0.05) is 50.8 Å². The Hall–Kier alpha value is -3.14. The van der Waals surface area contributed by atoms with Crippen LogP contribution < -0.4 is 10.1 Å². The Morgan fingerprint density at radius 3 is 2.69 bits per heavy atom. The van der Waals surface area contributed by atoms with E-state index in [0.717, 1.165) is 12.2 Å². The lowest BCUT2D eigenvalue weighted by Gasteiger charge is -2.10. The smallest absolute Gasteiger partial charge is 0.251 e. The first kappa shape index (κ1) is 17.7. The molecule has 2 heterocycles. The summed E-state index contributed by atoms with van der Waals surface area (Å²) in [6.45, 7) is 0.885. The van der Waals surface area contributed by atoms with Crippen LogP contribution in [-0.2, 0) is 13.7 Å². The standard InChI is InChI=1S/C19H21N5O2/c1-3-4-9-19(22-23-19)10-11-21-18(25)15-5-7-16(8-6-15)26-14-17-20-12-13-24(17)2/h1,5-8,12-13H,4,9-11,14H2,2H3,(H,21,25). The van der Waals surface area contributed by atoms with Crippen molar-refractivity contribution in [2.24, 2.45) is 17.3 Å². The zero-order valence-corrected chi connectivity index (χ0v) is 14.7. The van der Waals surface area contributed by atoms with Crippen molar-refractivity contribution in [3.05, 3.63) is 48.0 Å². The lowest BCUT2D eigenvalue weighted by molar-refractivity contribution is 0.0952. The number of aromatic nitrogens is 2. The van der Waals surface area contributed by atoms with E-state index in [-0.39, 0.29) is 11.6 Å². The number of hydrogen-bond acceptors (Lipinski definition) is 5. The van der Waals surface area contributed by atoms with Crippen molar-refractivity contribution in [2.75, 3.05) is 6.54 Å². The molecule has 0 bridgehead atoms. The van der Waals surface area contributed by atoms with Crippen molar-refractivity contribution < 1.29 is 9.53 Å². The molecule has 7 nitrogen and oxygen atoms in total. The third-order valence-corrected chi connectivity index (χ3v) is 4.27. The first-order valence-corrected chi connectivity index (χ1v) is 8.47. The minimum Gasteiger partial charge on any atom is -0.486 e. The van der Waals surface area contributed by atoms with Crippen molar-refractivity contribution in [2.45, 2.75) is 31.5 Å². The van der Waals surface area contributed by atoms with E-state index in [1.807, 2.05) is 17.8 Å². The summed E-state index contributed by atoms with van der Waals surface area (Å²) < 4.78 is 7.58. The maximum Gasteiger partial charge on any atom is 0.251 e. The number of carbonyl (C=O) groups excluding carboxylic acids is 1. The van der Waals surface area contributed by atoms with E-state index in [0.29, 0.717) is 37.3 Å². The third kappa shape index (κ3) is 4.48. The van der Waals surface area contributed by atoms with Crippen molar-refractivity contribution in [1.29, 1.82) is 0 Å². The molecule has 26 heavy (non-hydrogen) atoms. The van der Waals surface area contributed by atoms with Gasteiger partial charge >= 0.3 is 0 Å². The van der Waals surface area contributed by atoms with Crippen LogP contribution in [0.1, 0.15) is 35.4 Å². The highest BCUT2D eigenvalue weighted by Crippen LogP contribution is 2.36. The monoisotopic (exact) mass is 351 g/mol. The van der Waals surface area contributed by atoms with Crippen LogP contribution >= 0.6 is 0 Å². The summed E-state index contributed by atoms with van der Waals surface area (Å²) in [5.74, 6) is 3.98. The number of nitrogens with one attached hydrogen (secondary N) is 1. The zero-order valence-electron chi connectivity index (χ0n) is 14.7. The Morgan fingerprint density at radius 1 is 1.31 bits per heavy atom. The number of aryl methyl sites for hydroxylation is 1. The predicted molar refractivity (Wildman–Crippen MR) is 96.6 cm³/mol. The maximum atomic E-state index is 12.2. The van der Waals surface area contributed by atoms with Gasteiger partial charge in [0.15, 0.2) is 5.66 Å². The van der Waals surface area contributed by atoms with E-state index < -0.39 is 0 Å². The van der Waals surface area contributed by atoms with Gasteiger partial charge in [0.1, 0.15) is 18.2 Å². The molecule has 1 aromatic heterocycles. The Morgan fingerprint density at radius 2 is 2.08 bits per heavy atom. The topological polar surface area (TPSA) is 80.9 Å². The summed E-state index contributed by atoms with van der Waals surface area (Å²) in [4.78, 5) is 16.4. The summed E-state index contributed by atoms with van der Waals surface area (Å²) in [7, 11) is 1.91. The molecule has 0 atom stereocenters. The van der Waals surface area contributed by atoms with Crippen LogP contribution in [0.5, 0.6) is 5.75 Å². The molecule has 0 spiro atoms. The number of imidazole rings is 1. The number of carbonyl (C=O) groups is 1. The normalized spacial score (nSPS) is 13.8. The molecule has 0 saturated carbocycles. The molecule has 1 aromatic carbocycles. The highest BCUT2D eigenvalue weighted by molar-refractivity contribution is 5.94. The van der Waals surface area contributed by atoms with Crippen LogP contribution in [0.4, 0.5) is 0 Å². The lowest BCUT2D eigenvalue weighted by Crippen LogP contribution is -2.28. The Bertz CT molecular complexity index is 826. The molecule has 7 heteroatoms. The summed E-state index contributed by atoms with van der Waals surface area (Å²) in [5, 5.41) is 11.0. The lowest BCUT2D eigenvalue weighted by atomic mass is 10.0. The number of amides is 1. The second-order valence-electron chi connectivity index (χ2n) is 6.16. The molecule has 0 radical (unpaired) electrons. The number of terminal acetylenes is 1. The van der Waals surface area contributed by atoms with Gasteiger partial charge in [-0.15, -0.1) is 12.3 Å². The number of benzene rings is 1. The third-order valence-electron chi connectivity index (χ3n) is 4.27. The predicted octanol–water partition coefficient (Wildman–Crippen LogP) is 2.69. The zero-order chi connectivity index (χ0) is 18.4. The van der Waals surface area contributed by atoms with Crippen LogP contribution in [0.2, 0.25) is 0 Å². The number of nitrogens with zero attached hydrogens (tertiary/aromatic N) is 4. The van der Waals surface area contributed by atoms with Gasteiger partial charge in [0.25, 0.3) is 5.91 Å². The van der Waals surface area contributed by atoms with Crippen LogP contribution in [0.25, 0.3) is 0 Å². The fraction of sp³-hybridized carbons (Fsp3) is 0.368. The second kappa shape index (κ2) is 7.83. The van der Waals surface area contributed by atoms with Crippen LogP contribution in [0.3, 0.4) is 0 Å². The molecular formula is C19H21N5O2. The molecule has 0 fully saturated rings. The van der Waals surface area contributed by atoms with Gasteiger partial charge in [-0.25, -0.2) is 4.98 Å². The molecule has 0 unspecified atom stereocenters. The molecule has 1 aliphatic rings. The number of ether oxygens (including phenoxy) is 1. The van der Waals surface area contributed by atoms with Gasteiger partial charge in [0.2, 0.25) is 0 Å². The summed E-state index contributed by atoms with van der Waals surface area (Å²) in [6.07, 6.45) is 10.9.